The van der Waals surface area contributed by atoms with Crippen LogP contribution in [0.3, 0.4) is 0 Å². The summed E-state index contributed by atoms with van der Waals surface area (Å²) in [4.78, 5) is 67.9. The molecular weight excluding hydrogens is 458 g/mol. The molecule has 0 aromatic carbocycles. The number of amides is 4. The minimum Gasteiger partial charge on any atom is -0.480 e. The molecule has 9 N–H and O–H groups in total. The zero-order valence-electron chi connectivity index (χ0n) is 20.5. The topological polar surface area (TPSA) is 222 Å². The second-order valence-electron chi connectivity index (χ2n) is 9.34. The average Bonchev–Trinajstić information content (AvgIpc) is 3.24. The molecule has 0 aliphatic heterocycles. The molecule has 4 atom stereocenters. The molecule has 1 aromatic rings. The molecule has 4 amide bonds. The van der Waals surface area contributed by atoms with Crippen LogP contribution in [0, 0.1) is 11.8 Å². The van der Waals surface area contributed by atoms with E-state index in [0.29, 0.717) is 5.69 Å². The van der Waals surface area contributed by atoms with E-state index in [-0.39, 0.29) is 31.1 Å². The number of carbonyl (C=O) groups excluding carboxylic acids is 4. The van der Waals surface area contributed by atoms with E-state index in [9.17, 15) is 29.1 Å². The number of aliphatic carboxylic acids is 1. The summed E-state index contributed by atoms with van der Waals surface area (Å²) in [6.07, 6.45) is 2.92. The number of H-pyrrole nitrogens is 1. The van der Waals surface area contributed by atoms with E-state index < -0.39 is 60.2 Å². The predicted molar refractivity (Wildman–Crippen MR) is 126 cm³/mol. The number of hydrogen-bond acceptors (Lipinski definition) is 7. The summed E-state index contributed by atoms with van der Waals surface area (Å²) in [6.45, 7) is 7.37. The fourth-order valence-corrected chi connectivity index (χ4v) is 3.35. The standard InChI is InChI=1S/C22H37N7O6/c1-11(2)5-15(20(32)29-17(22(34)35)6-12(3)4)28-21(33)16(7-13-9-25-10-26-13)27-19(31)14(23)8-18(24)30/h9-12,14-17H,5-8,23H2,1-4H3,(H2,24,30)(H,25,26)(H,27,31)(H,28,33)(H,29,32)(H,34,35). The summed E-state index contributed by atoms with van der Waals surface area (Å²) in [7, 11) is 0. The van der Waals surface area contributed by atoms with Crippen molar-refractivity contribution in [2.45, 2.75) is 77.5 Å². The summed E-state index contributed by atoms with van der Waals surface area (Å²) in [5.74, 6) is -4.03. The molecule has 0 aliphatic rings. The van der Waals surface area contributed by atoms with E-state index in [0.717, 1.165) is 0 Å². The van der Waals surface area contributed by atoms with Gasteiger partial charge in [0.05, 0.1) is 18.8 Å². The number of aromatic nitrogens is 2. The zero-order chi connectivity index (χ0) is 26.7. The molecule has 1 aromatic heterocycles. The van der Waals surface area contributed by atoms with Crippen LogP contribution in [0.1, 0.15) is 52.7 Å². The van der Waals surface area contributed by atoms with E-state index in [1.165, 1.54) is 12.5 Å². The minimum atomic E-state index is -1.26. The Morgan fingerprint density at radius 3 is 1.91 bits per heavy atom. The monoisotopic (exact) mass is 495 g/mol. The third-order valence-corrected chi connectivity index (χ3v) is 5.03. The Morgan fingerprint density at radius 1 is 0.914 bits per heavy atom. The first-order valence-electron chi connectivity index (χ1n) is 11.4. The van der Waals surface area contributed by atoms with Gasteiger partial charge in [0, 0.05) is 18.3 Å². The molecule has 0 bridgehead atoms. The molecular formula is C22H37N7O6. The molecule has 1 rings (SSSR count). The van der Waals surface area contributed by atoms with Crippen LogP contribution in [0.25, 0.3) is 0 Å². The van der Waals surface area contributed by atoms with Crippen molar-refractivity contribution in [1.82, 2.24) is 25.9 Å². The first-order chi connectivity index (χ1) is 16.3. The summed E-state index contributed by atoms with van der Waals surface area (Å²) in [5.41, 5.74) is 11.3. The molecule has 0 saturated carbocycles. The van der Waals surface area contributed by atoms with Gasteiger partial charge in [-0.25, -0.2) is 9.78 Å². The maximum absolute atomic E-state index is 13.2. The molecule has 1 heterocycles. The Hall–Kier alpha value is -3.48. The fourth-order valence-electron chi connectivity index (χ4n) is 3.35. The van der Waals surface area contributed by atoms with Gasteiger partial charge in [0.1, 0.15) is 18.1 Å². The Bertz CT molecular complexity index is 872. The number of rotatable bonds is 15. The molecule has 0 saturated heterocycles. The number of carboxylic acid groups (broad SMARTS) is 1. The van der Waals surface area contributed by atoms with Crippen LogP contribution in [0.15, 0.2) is 12.5 Å². The van der Waals surface area contributed by atoms with Gasteiger partial charge < -0.3 is 37.5 Å². The average molecular weight is 496 g/mol. The predicted octanol–water partition coefficient (Wildman–Crippen LogP) is -1.21. The van der Waals surface area contributed by atoms with Gasteiger partial charge in [0.15, 0.2) is 0 Å². The Kier molecular flexibility index (Phi) is 11.9. The Balaban J connectivity index is 3.05. The van der Waals surface area contributed by atoms with Crippen LogP contribution in [0.5, 0.6) is 0 Å². The molecule has 4 unspecified atom stereocenters. The smallest absolute Gasteiger partial charge is 0.326 e. The number of carbonyl (C=O) groups is 5. The molecule has 0 fully saturated rings. The number of aromatic amines is 1. The van der Waals surface area contributed by atoms with Crippen LogP contribution >= 0.6 is 0 Å². The van der Waals surface area contributed by atoms with Gasteiger partial charge in [0.2, 0.25) is 23.6 Å². The van der Waals surface area contributed by atoms with Crippen molar-refractivity contribution in [3.63, 3.8) is 0 Å². The highest BCUT2D eigenvalue weighted by Gasteiger charge is 2.31. The molecule has 13 heteroatoms. The molecule has 0 spiro atoms. The van der Waals surface area contributed by atoms with Gasteiger partial charge in [-0.15, -0.1) is 0 Å². The van der Waals surface area contributed by atoms with Gasteiger partial charge in [-0.3, -0.25) is 19.2 Å². The van der Waals surface area contributed by atoms with Crippen molar-refractivity contribution in [1.29, 1.82) is 0 Å². The van der Waals surface area contributed by atoms with Crippen LogP contribution < -0.4 is 27.4 Å². The lowest BCUT2D eigenvalue weighted by Crippen LogP contribution is -2.58. The lowest BCUT2D eigenvalue weighted by molar-refractivity contribution is -0.143. The molecule has 196 valence electrons. The number of hydrogen-bond donors (Lipinski definition) is 7. The quantitative estimate of drug-likeness (QED) is 0.156. The van der Waals surface area contributed by atoms with E-state index in [2.05, 4.69) is 25.9 Å². The highest BCUT2D eigenvalue weighted by Crippen LogP contribution is 2.10. The number of primary amides is 1. The van der Waals surface area contributed by atoms with Crippen LogP contribution in [0.2, 0.25) is 0 Å². The summed E-state index contributed by atoms with van der Waals surface area (Å²) in [6, 6.07) is -4.57. The lowest BCUT2D eigenvalue weighted by atomic mass is 10.00. The SMILES string of the molecule is CC(C)CC(NC(=O)C(CC(C)C)NC(=O)C(Cc1cnc[nH]1)NC(=O)C(N)CC(N)=O)C(=O)O. The van der Waals surface area contributed by atoms with Crippen molar-refractivity contribution in [3.8, 4) is 0 Å². The van der Waals surface area contributed by atoms with Gasteiger partial charge in [-0.2, -0.15) is 0 Å². The van der Waals surface area contributed by atoms with Crippen molar-refractivity contribution < 1.29 is 29.1 Å². The number of nitrogens with zero attached hydrogens (tertiary/aromatic N) is 1. The van der Waals surface area contributed by atoms with Crippen molar-refractivity contribution >= 4 is 29.6 Å². The van der Waals surface area contributed by atoms with E-state index >= 15 is 0 Å². The molecule has 35 heavy (non-hydrogen) atoms. The lowest BCUT2D eigenvalue weighted by Gasteiger charge is -2.26. The largest absolute Gasteiger partial charge is 0.480 e. The highest BCUT2D eigenvalue weighted by molar-refractivity contribution is 5.95. The van der Waals surface area contributed by atoms with Crippen molar-refractivity contribution in [2.75, 3.05) is 0 Å². The number of imidazole rings is 1. The van der Waals surface area contributed by atoms with Crippen LogP contribution in [-0.4, -0.2) is 68.8 Å². The minimum absolute atomic E-state index is 0.00197. The fraction of sp³-hybridized carbons (Fsp3) is 0.636. The van der Waals surface area contributed by atoms with Crippen LogP contribution in [-0.2, 0) is 30.4 Å². The normalized spacial score (nSPS) is 14.6. The first-order valence-corrected chi connectivity index (χ1v) is 11.4. The van der Waals surface area contributed by atoms with E-state index in [1.807, 2.05) is 27.7 Å². The van der Waals surface area contributed by atoms with Gasteiger partial charge in [-0.1, -0.05) is 27.7 Å². The number of nitrogens with one attached hydrogen (secondary N) is 4. The van der Waals surface area contributed by atoms with Gasteiger partial charge in [0.25, 0.3) is 0 Å². The number of nitrogens with two attached hydrogens (primary N) is 2. The second kappa shape index (κ2) is 14.0. The maximum Gasteiger partial charge on any atom is 0.326 e. The second-order valence-corrected chi connectivity index (χ2v) is 9.34. The highest BCUT2D eigenvalue weighted by atomic mass is 16.4. The van der Waals surface area contributed by atoms with E-state index in [1.54, 1.807) is 0 Å². The van der Waals surface area contributed by atoms with E-state index in [4.69, 9.17) is 11.5 Å². The maximum atomic E-state index is 13.2. The number of carboxylic acids is 1. The third-order valence-electron chi connectivity index (χ3n) is 5.03. The Morgan fingerprint density at radius 2 is 1.43 bits per heavy atom. The third kappa shape index (κ3) is 11.0. The summed E-state index contributed by atoms with van der Waals surface area (Å²) < 4.78 is 0. The molecule has 0 radical (unpaired) electrons. The molecule has 0 aliphatic carbocycles. The summed E-state index contributed by atoms with van der Waals surface area (Å²) >= 11 is 0. The summed E-state index contributed by atoms with van der Waals surface area (Å²) in [5, 5.41) is 17.1. The van der Waals surface area contributed by atoms with Gasteiger partial charge >= 0.3 is 5.97 Å². The van der Waals surface area contributed by atoms with Gasteiger partial charge in [-0.05, 0) is 24.7 Å². The zero-order valence-corrected chi connectivity index (χ0v) is 20.5. The van der Waals surface area contributed by atoms with Crippen molar-refractivity contribution in [3.05, 3.63) is 18.2 Å². The Labute approximate surface area is 204 Å². The first kappa shape index (κ1) is 29.6. The molecule has 13 nitrogen and oxygen atoms in total. The van der Waals surface area contributed by atoms with Crippen LogP contribution in [0.4, 0.5) is 0 Å². The van der Waals surface area contributed by atoms with Crippen molar-refractivity contribution in [2.24, 2.45) is 23.3 Å².